The summed E-state index contributed by atoms with van der Waals surface area (Å²) in [5.41, 5.74) is 2.44. The summed E-state index contributed by atoms with van der Waals surface area (Å²) in [4.78, 5) is 12.3. The van der Waals surface area contributed by atoms with Gasteiger partial charge in [-0.3, -0.25) is 4.79 Å². The zero-order valence-corrected chi connectivity index (χ0v) is 12.8. The Hall–Kier alpha value is -1.51. The van der Waals surface area contributed by atoms with Crippen LogP contribution in [0.3, 0.4) is 0 Å². The predicted molar refractivity (Wildman–Crippen MR) is 82.2 cm³/mol. The lowest BCUT2D eigenvalue weighted by Gasteiger charge is -2.08. The number of hydrogen-bond donors (Lipinski definition) is 0. The number of carbonyl (C=O) groups excluding carboxylic acids is 1. The van der Waals surface area contributed by atoms with Crippen LogP contribution in [0.25, 0.3) is 0 Å². The maximum Gasteiger partial charge on any atom is 0.167 e. The van der Waals surface area contributed by atoms with Crippen molar-refractivity contribution >= 4 is 29.0 Å². The maximum atomic E-state index is 12.3. The van der Waals surface area contributed by atoms with Crippen molar-refractivity contribution in [2.75, 3.05) is 7.11 Å². The predicted octanol–water partition coefficient (Wildman–Crippen LogP) is 4.74. The molecule has 0 heterocycles. The van der Waals surface area contributed by atoms with E-state index in [-0.39, 0.29) is 5.78 Å². The second-order valence-electron chi connectivity index (χ2n) is 4.53. The Labute approximate surface area is 128 Å². The van der Waals surface area contributed by atoms with E-state index in [0.717, 1.165) is 16.9 Å². The molecule has 20 heavy (non-hydrogen) atoms. The van der Waals surface area contributed by atoms with Gasteiger partial charge in [-0.05, 0) is 48.4 Å². The highest BCUT2D eigenvalue weighted by molar-refractivity contribution is 6.42. The first-order valence-electron chi connectivity index (χ1n) is 6.13. The first-order chi connectivity index (χ1) is 9.51. The molecule has 4 heteroatoms. The highest BCUT2D eigenvalue weighted by atomic mass is 35.5. The van der Waals surface area contributed by atoms with Gasteiger partial charge < -0.3 is 4.74 Å². The molecule has 104 valence electrons. The van der Waals surface area contributed by atoms with Crippen LogP contribution in [-0.2, 0) is 6.42 Å². The average molecular weight is 309 g/mol. The lowest BCUT2D eigenvalue weighted by molar-refractivity contribution is 0.0992. The highest BCUT2D eigenvalue weighted by Crippen LogP contribution is 2.24. The van der Waals surface area contributed by atoms with Crippen molar-refractivity contribution < 1.29 is 9.53 Å². The van der Waals surface area contributed by atoms with E-state index in [1.54, 1.807) is 31.4 Å². The van der Waals surface area contributed by atoms with Gasteiger partial charge in [-0.15, -0.1) is 0 Å². The number of ether oxygens (including phenoxy) is 1. The Morgan fingerprint density at radius 3 is 2.45 bits per heavy atom. The zero-order valence-electron chi connectivity index (χ0n) is 11.2. The number of rotatable bonds is 4. The molecule has 0 aliphatic carbocycles. The van der Waals surface area contributed by atoms with Gasteiger partial charge >= 0.3 is 0 Å². The van der Waals surface area contributed by atoms with Crippen molar-refractivity contribution in [3.8, 4) is 5.75 Å². The molecule has 2 aromatic rings. The van der Waals surface area contributed by atoms with Crippen LogP contribution in [-0.4, -0.2) is 12.9 Å². The van der Waals surface area contributed by atoms with Gasteiger partial charge in [0.15, 0.2) is 5.78 Å². The molecule has 0 N–H and O–H groups in total. The summed E-state index contributed by atoms with van der Waals surface area (Å²) < 4.78 is 5.13. The Balaban J connectivity index is 2.21. The number of methoxy groups -OCH3 is 1. The van der Waals surface area contributed by atoms with E-state index in [9.17, 15) is 4.79 Å². The molecule has 0 fully saturated rings. The van der Waals surface area contributed by atoms with Gasteiger partial charge in [0, 0.05) is 12.0 Å². The molecule has 0 bridgehead atoms. The Kier molecular flexibility index (Phi) is 4.69. The summed E-state index contributed by atoms with van der Waals surface area (Å²) >= 11 is 11.8. The first-order valence-corrected chi connectivity index (χ1v) is 6.88. The third-order valence-electron chi connectivity index (χ3n) is 3.08. The minimum atomic E-state index is 0.0449. The minimum absolute atomic E-state index is 0.0449. The van der Waals surface area contributed by atoms with Gasteiger partial charge in [0.1, 0.15) is 5.75 Å². The number of aryl methyl sites for hydroxylation is 1. The fraction of sp³-hybridized carbons (Fsp3) is 0.188. The number of halogens is 2. The van der Waals surface area contributed by atoms with Gasteiger partial charge in [0.2, 0.25) is 0 Å². The van der Waals surface area contributed by atoms with E-state index >= 15 is 0 Å². The SMILES string of the molecule is COc1ccc(C(=O)Cc2ccc(Cl)c(Cl)c2)c(C)c1. The normalized spacial score (nSPS) is 10.4. The molecule has 0 radical (unpaired) electrons. The number of ketones is 1. The third kappa shape index (κ3) is 3.33. The van der Waals surface area contributed by atoms with E-state index in [1.165, 1.54) is 0 Å². The van der Waals surface area contributed by atoms with Crippen LogP contribution in [0.5, 0.6) is 5.75 Å². The Morgan fingerprint density at radius 2 is 1.85 bits per heavy atom. The van der Waals surface area contributed by atoms with Gasteiger partial charge in [0.25, 0.3) is 0 Å². The highest BCUT2D eigenvalue weighted by Gasteiger charge is 2.11. The molecule has 0 aliphatic heterocycles. The van der Waals surface area contributed by atoms with Crippen LogP contribution in [0.4, 0.5) is 0 Å². The van der Waals surface area contributed by atoms with Crippen LogP contribution in [0.1, 0.15) is 21.5 Å². The number of benzene rings is 2. The fourth-order valence-corrected chi connectivity index (χ4v) is 2.33. The maximum absolute atomic E-state index is 12.3. The van der Waals surface area contributed by atoms with Crippen molar-refractivity contribution in [3.05, 3.63) is 63.1 Å². The minimum Gasteiger partial charge on any atom is -0.497 e. The average Bonchev–Trinajstić information content (AvgIpc) is 2.42. The lowest BCUT2D eigenvalue weighted by atomic mass is 9.99. The molecule has 0 aromatic heterocycles. The quantitative estimate of drug-likeness (QED) is 0.763. The van der Waals surface area contributed by atoms with Gasteiger partial charge in [-0.25, -0.2) is 0 Å². The smallest absolute Gasteiger partial charge is 0.167 e. The molecule has 0 spiro atoms. The molecule has 0 aliphatic rings. The van der Waals surface area contributed by atoms with Crippen molar-refractivity contribution in [1.29, 1.82) is 0 Å². The van der Waals surface area contributed by atoms with Crippen molar-refractivity contribution in [1.82, 2.24) is 0 Å². The van der Waals surface area contributed by atoms with Crippen molar-refractivity contribution in [2.45, 2.75) is 13.3 Å². The van der Waals surface area contributed by atoms with Crippen LogP contribution in [0.2, 0.25) is 10.0 Å². The summed E-state index contributed by atoms with van der Waals surface area (Å²) in [5, 5.41) is 0.951. The Morgan fingerprint density at radius 1 is 1.10 bits per heavy atom. The number of hydrogen-bond acceptors (Lipinski definition) is 2. The molecule has 0 atom stereocenters. The van der Waals surface area contributed by atoms with Gasteiger partial charge in [-0.1, -0.05) is 29.3 Å². The molecule has 2 nitrogen and oxygen atoms in total. The number of carbonyl (C=O) groups is 1. The summed E-state index contributed by atoms with van der Waals surface area (Å²) in [6, 6.07) is 10.7. The second-order valence-corrected chi connectivity index (χ2v) is 5.34. The molecular formula is C16H14Cl2O2. The Bertz CT molecular complexity index is 651. The van der Waals surface area contributed by atoms with Crippen LogP contribution >= 0.6 is 23.2 Å². The molecule has 2 rings (SSSR count). The monoisotopic (exact) mass is 308 g/mol. The van der Waals surface area contributed by atoms with Crippen LogP contribution in [0, 0.1) is 6.92 Å². The van der Waals surface area contributed by atoms with Crippen molar-refractivity contribution in [3.63, 3.8) is 0 Å². The summed E-state index contributed by atoms with van der Waals surface area (Å²) in [6.07, 6.45) is 0.296. The molecular weight excluding hydrogens is 295 g/mol. The van der Waals surface area contributed by atoms with Crippen LogP contribution < -0.4 is 4.74 Å². The molecule has 0 saturated heterocycles. The summed E-state index contributed by atoms with van der Waals surface area (Å²) in [6.45, 7) is 1.89. The van der Waals surface area contributed by atoms with E-state index in [4.69, 9.17) is 27.9 Å². The molecule has 0 amide bonds. The summed E-state index contributed by atoms with van der Waals surface area (Å²) in [5.74, 6) is 0.789. The van der Waals surface area contributed by atoms with E-state index < -0.39 is 0 Å². The molecule has 0 unspecified atom stereocenters. The third-order valence-corrected chi connectivity index (χ3v) is 3.82. The first kappa shape index (κ1) is 14.9. The number of Topliss-reactive ketones (excluding diaryl/α,β-unsaturated/α-hetero) is 1. The van der Waals surface area contributed by atoms with Gasteiger partial charge in [-0.2, -0.15) is 0 Å². The second kappa shape index (κ2) is 6.29. The van der Waals surface area contributed by atoms with Crippen molar-refractivity contribution in [2.24, 2.45) is 0 Å². The van der Waals surface area contributed by atoms with E-state index in [1.807, 2.05) is 19.1 Å². The molecule has 2 aromatic carbocycles. The standard InChI is InChI=1S/C16H14Cl2O2/c1-10-7-12(20-2)4-5-13(10)16(19)9-11-3-6-14(17)15(18)8-11/h3-8H,9H2,1-2H3. The fourth-order valence-electron chi connectivity index (χ4n) is 2.01. The van der Waals surface area contributed by atoms with E-state index in [2.05, 4.69) is 0 Å². The summed E-state index contributed by atoms with van der Waals surface area (Å²) in [7, 11) is 1.60. The van der Waals surface area contributed by atoms with Gasteiger partial charge in [0.05, 0.1) is 17.2 Å². The van der Waals surface area contributed by atoms with E-state index in [0.29, 0.717) is 22.0 Å². The molecule has 0 saturated carbocycles. The zero-order chi connectivity index (χ0) is 14.7. The lowest BCUT2D eigenvalue weighted by Crippen LogP contribution is -2.06. The van der Waals surface area contributed by atoms with Crippen LogP contribution in [0.15, 0.2) is 36.4 Å². The topological polar surface area (TPSA) is 26.3 Å². The largest absolute Gasteiger partial charge is 0.497 e.